The normalized spacial score (nSPS) is 11.2. The molecule has 5 nitrogen and oxygen atoms in total. The molecule has 2 aromatic rings. The Kier molecular flexibility index (Phi) is 5.26. The van der Waals surface area contributed by atoms with Crippen LogP contribution >= 0.6 is 0 Å². The van der Waals surface area contributed by atoms with Gasteiger partial charge in [-0.1, -0.05) is 35.0 Å². The van der Waals surface area contributed by atoms with Crippen molar-refractivity contribution in [3.8, 4) is 11.4 Å². The van der Waals surface area contributed by atoms with Crippen LogP contribution in [-0.2, 0) is 6.54 Å². The van der Waals surface area contributed by atoms with Crippen molar-refractivity contribution >= 4 is 0 Å². The lowest BCUT2D eigenvalue weighted by atomic mass is 10.1. The van der Waals surface area contributed by atoms with Crippen LogP contribution in [0.25, 0.3) is 11.4 Å². The molecule has 0 aliphatic heterocycles. The SMILES string of the molecule is Cc1ccc(-c2noc(CNCCCN(C)C)n2)cc1. The van der Waals surface area contributed by atoms with Gasteiger partial charge in [-0.2, -0.15) is 4.98 Å². The Bertz CT molecular complexity index is 519. The van der Waals surface area contributed by atoms with Crippen LogP contribution < -0.4 is 5.32 Å². The fourth-order valence-electron chi connectivity index (χ4n) is 1.86. The summed E-state index contributed by atoms with van der Waals surface area (Å²) in [4.78, 5) is 6.56. The number of hydrogen-bond acceptors (Lipinski definition) is 5. The van der Waals surface area contributed by atoms with Crippen LogP contribution in [-0.4, -0.2) is 42.2 Å². The molecule has 0 atom stereocenters. The highest BCUT2D eigenvalue weighted by atomic mass is 16.5. The molecule has 1 aromatic heterocycles. The summed E-state index contributed by atoms with van der Waals surface area (Å²) in [6, 6.07) is 8.11. The molecule has 0 fully saturated rings. The second-order valence-electron chi connectivity index (χ2n) is 5.21. The molecule has 0 amide bonds. The summed E-state index contributed by atoms with van der Waals surface area (Å²) in [6.45, 7) is 4.70. The third kappa shape index (κ3) is 4.43. The Labute approximate surface area is 120 Å². The number of rotatable bonds is 7. The molecule has 108 valence electrons. The van der Waals surface area contributed by atoms with E-state index in [0.29, 0.717) is 18.3 Å². The molecule has 0 saturated carbocycles. The van der Waals surface area contributed by atoms with Crippen LogP contribution in [0.3, 0.4) is 0 Å². The zero-order chi connectivity index (χ0) is 14.4. The first-order valence-corrected chi connectivity index (χ1v) is 6.90. The van der Waals surface area contributed by atoms with E-state index in [1.807, 2.05) is 24.3 Å². The minimum absolute atomic E-state index is 0.617. The van der Waals surface area contributed by atoms with Gasteiger partial charge in [0.05, 0.1) is 6.54 Å². The standard InChI is InChI=1S/C15H22N4O/c1-12-5-7-13(8-6-12)15-17-14(20-18-15)11-16-9-4-10-19(2)3/h5-8,16H,4,9-11H2,1-3H3. The van der Waals surface area contributed by atoms with Crippen LogP contribution in [0.1, 0.15) is 17.9 Å². The lowest BCUT2D eigenvalue weighted by molar-refractivity contribution is 0.360. The minimum Gasteiger partial charge on any atom is -0.338 e. The van der Waals surface area contributed by atoms with Crippen LogP contribution in [0.15, 0.2) is 28.8 Å². The molecular formula is C15H22N4O. The van der Waals surface area contributed by atoms with Crippen LogP contribution in [0.4, 0.5) is 0 Å². The van der Waals surface area contributed by atoms with E-state index in [1.54, 1.807) is 0 Å². The molecule has 0 radical (unpaired) electrons. The van der Waals surface area contributed by atoms with Gasteiger partial charge in [-0.3, -0.25) is 0 Å². The Balaban J connectivity index is 1.82. The van der Waals surface area contributed by atoms with E-state index < -0.39 is 0 Å². The van der Waals surface area contributed by atoms with Crippen LogP contribution in [0, 0.1) is 6.92 Å². The molecule has 0 aliphatic rings. The molecule has 2 rings (SSSR count). The van der Waals surface area contributed by atoms with Gasteiger partial charge in [-0.25, -0.2) is 0 Å². The molecule has 1 N–H and O–H groups in total. The Hall–Kier alpha value is -1.72. The summed E-state index contributed by atoms with van der Waals surface area (Å²) in [5.41, 5.74) is 2.21. The first-order chi connectivity index (χ1) is 9.65. The molecule has 1 aromatic carbocycles. The molecule has 1 heterocycles. The van der Waals surface area contributed by atoms with Gasteiger partial charge >= 0.3 is 0 Å². The maximum atomic E-state index is 5.24. The smallest absolute Gasteiger partial charge is 0.240 e. The maximum Gasteiger partial charge on any atom is 0.240 e. The molecule has 0 aliphatic carbocycles. The highest BCUT2D eigenvalue weighted by Crippen LogP contribution is 2.16. The maximum absolute atomic E-state index is 5.24. The summed E-state index contributed by atoms with van der Waals surface area (Å²) in [5.74, 6) is 1.28. The van der Waals surface area contributed by atoms with Gasteiger partial charge in [-0.15, -0.1) is 0 Å². The van der Waals surface area contributed by atoms with Crippen molar-refractivity contribution in [2.75, 3.05) is 27.2 Å². The fraction of sp³-hybridized carbons (Fsp3) is 0.467. The van der Waals surface area contributed by atoms with Gasteiger partial charge in [0.2, 0.25) is 11.7 Å². The average molecular weight is 274 g/mol. The number of nitrogens with one attached hydrogen (secondary N) is 1. The van der Waals surface area contributed by atoms with Crippen molar-refractivity contribution in [3.63, 3.8) is 0 Å². The lowest BCUT2D eigenvalue weighted by Gasteiger charge is -2.08. The second kappa shape index (κ2) is 7.17. The van der Waals surface area contributed by atoms with Gasteiger partial charge in [0.15, 0.2) is 0 Å². The van der Waals surface area contributed by atoms with E-state index in [0.717, 1.165) is 25.1 Å². The van der Waals surface area contributed by atoms with E-state index in [1.165, 1.54) is 5.56 Å². The van der Waals surface area contributed by atoms with Crippen molar-refractivity contribution in [3.05, 3.63) is 35.7 Å². The van der Waals surface area contributed by atoms with Crippen LogP contribution in [0.2, 0.25) is 0 Å². The molecule has 0 saturated heterocycles. The van der Waals surface area contributed by atoms with E-state index in [9.17, 15) is 0 Å². The van der Waals surface area contributed by atoms with Crippen molar-refractivity contribution in [2.24, 2.45) is 0 Å². The van der Waals surface area contributed by atoms with Crippen molar-refractivity contribution in [1.29, 1.82) is 0 Å². The van der Waals surface area contributed by atoms with Gasteiger partial charge in [0.1, 0.15) is 0 Å². The lowest BCUT2D eigenvalue weighted by Crippen LogP contribution is -2.21. The predicted molar refractivity (Wildman–Crippen MR) is 79.3 cm³/mol. The Morgan fingerprint density at radius 2 is 1.95 bits per heavy atom. The second-order valence-corrected chi connectivity index (χ2v) is 5.21. The van der Waals surface area contributed by atoms with E-state index in [2.05, 4.69) is 41.4 Å². The molecule has 0 spiro atoms. The van der Waals surface area contributed by atoms with Gasteiger partial charge in [0, 0.05) is 5.56 Å². The summed E-state index contributed by atoms with van der Waals surface area (Å²) >= 11 is 0. The monoisotopic (exact) mass is 274 g/mol. The summed E-state index contributed by atoms with van der Waals surface area (Å²) in [5, 5.41) is 7.32. The fourth-order valence-corrected chi connectivity index (χ4v) is 1.86. The van der Waals surface area contributed by atoms with Gasteiger partial charge < -0.3 is 14.7 Å². The molecule has 20 heavy (non-hydrogen) atoms. The van der Waals surface area contributed by atoms with E-state index in [4.69, 9.17) is 4.52 Å². The minimum atomic E-state index is 0.617. The molecular weight excluding hydrogens is 252 g/mol. The quantitative estimate of drug-likeness (QED) is 0.783. The summed E-state index contributed by atoms with van der Waals surface area (Å²) in [7, 11) is 4.15. The molecule has 5 heteroatoms. The largest absolute Gasteiger partial charge is 0.338 e. The number of benzene rings is 1. The van der Waals surface area contributed by atoms with Crippen molar-refractivity contribution in [1.82, 2.24) is 20.4 Å². The zero-order valence-electron chi connectivity index (χ0n) is 12.4. The highest BCUT2D eigenvalue weighted by Gasteiger charge is 2.07. The first-order valence-electron chi connectivity index (χ1n) is 6.90. The van der Waals surface area contributed by atoms with Gasteiger partial charge in [0.25, 0.3) is 0 Å². The summed E-state index contributed by atoms with van der Waals surface area (Å²) in [6.07, 6.45) is 1.10. The number of nitrogens with zero attached hydrogens (tertiary/aromatic N) is 3. The Morgan fingerprint density at radius 3 is 2.65 bits per heavy atom. The first kappa shape index (κ1) is 14.7. The summed E-state index contributed by atoms with van der Waals surface area (Å²) < 4.78 is 5.24. The van der Waals surface area contributed by atoms with E-state index in [-0.39, 0.29) is 0 Å². The Morgan fingerprint density at radius 1 is 1.20 bits per heavy atom. The predicted octanol–water partition coefficient (Wildman–Crippen LogP) is 2.09. The zero-order valence-corrected chi connectivity index (χ0v) is 12.4. The van der Waals surface area contributed by atoms with Crippen LogP contribution in [0.5, 0.6) is 0 Å². The van der Waals surface area contributed by atoms with Gasteiger partial charge in [-0.05, 0) is 40.5 Å². The molecule has 0 bridgehead atoms. The van der Waals surface area contributed by atoms with E-state index >= 15 is 0 Å². The van der Waals surface area contributed by atoms with Crippen molar-refractivity contribution in [2.45, 2.75) is 19.9 Å². The highest BCUT2D eigenvalue weighted by molar-refractivity contribution is 5.54. The third-order valence-electron chi connectivity index (χ3n) is 3.01. The third-order valence-corrected chi connectivity index (χ3v) is 3.01. The molecule has 0 unspecified atom stereocenters. The number of hydrogen-bond donors (Lipinski definition) is 1. The number of aryl methyl sites for hydroxylation is 1. The number of aromatic nitrogens is 2. The topological polar surface area (TPSA) is 54.2 Å². The average Bonchev–Trinajstić information content (AvgIpc) is 2.87. The van der Waals surface area contributed by atoms with Crippen molar-refractivity contribution < 1.29 is 4.52 Å².